The first-order valence-corrected chi connectivity index (χ1v) is 11.2. The number of hydrogen-bond acceptors (Lipinski definition) is 4. The molecule has 3 aliphatic carbocycles. The smallest absolute Gasteiger partial charge is 0.196 e. The van der Waals surface area contributed by atoms with Gasteiger partial charge in [0.2, 0.25) is 0 Å². The average molecular weight is 407 g/mol. The summed E-state index contributed by atoms with van der Waals surface area (Å²) in [5.74, 6) is 6.56. The molecule has 0 amide bonds. The zero-order valence-corrected chi connectivity index (χ0v) is 19.0. The second-order valence-electron chi connectivity index (χ2n) is 8.40. The van der Waals surface area contributed by atoms with Gasteiger partial charge >= 0.3 is 0 Å². The molecule has 4 unspecified atom stereocenters. The molecule has 0 saturated heterocycles. The van der Waals surface area contributed by atoms with Crippen LogP contribution in [0.3, 0.4) is 0 Å². The number of carbonyl (C=O) groups excluding carboxylic acids is 2. The van der Waals surface area contributed by atoms with Gasteiger partial charge in [0, 0.05) is 24.3 Å². The van der Waals surface area contributed by atoms with E-state index in [0.717, 1.165) is 30.4 Å². The molecule has 0 aromatic carbocycles. The lowest BCUT2D eigenvalue weighted by Crippen LogP contribution is -2.49. The van der Waals surface area contributed by atoms with E-state index in [-0.39, 0.29) is 29.0 Å². The number of rotatable bonds is 3. The molecule has 160 valence electrons. The van der Waals surface area contributed by atoms with Crippen LogP contribution >= 0.6 is 0 Å². The summed E-state index contributed by atoms with van der Waals surface area (Å²) in [7, 11) is 0. The van der Waals surface area contributed by atoms with Crippen molar-refractivity contribution in [1.82, 2.24) is 0 Å². The highest BCUT2D eigenvalue weighted by Crippen LogP contribution is 2.60. The normalized spacial score (nSPS) is 32.0. The number of Topliss-reactive ketones (excluding diaryl/α,β-unsaturated/α-hetero) is 1. The van der Waals surface area contributed by atoms with E-state index in [1.165, 1.54) is 0 Å². The zero-order valence-electron chi connectivity index (χ0n) is 19.0. The summed E-state index contributed by atoms with van der Waals surface area (Å²) in [5, 5.41) is 9.43. The molecule has 0 radical (unpaired) electrons. The Labute approximate surface area is 181 Å². The number of nitrogens with two attached hydrogens (primary N) is 1. The average Bonchev–Trinajstić information content (AvgIpc) is 2.74. The summed E-state index contributed by atoms with van der Waals surface area (Å²) in [6.45, 7) is 10.7. The summed E-state index contributed by atoms with van der Waals surface area (Å²) in [6, 6.07) is 2.04. The van der Waals surface area contributed by atoms with Crippen molar-refractivity contribution < 1.29 is 9.59 Å². The van der Waals surface area contributed by atoms with Crippen LogP contribution in [0.25, 0.3) is 0 Å². The van der Waals surface area contributed by atoms with Crippen LogP contribution in [-0.4, -0.2) is 18.1 Å². The first kappa shape index (κ1) is 23.8. The third-order valence-electron chi connectivity index (χ3n) is 6.64. The van der Waals surface area contributed by atoms with E-state index in [1.807, 2.05) is 26.8 Å². The lowest BCUT2D eigenvalue weighted by Gasteiger charge is -2.54. The molecule has 0 aliphatic heterocycles. The van der Waals surface area contributed by atoms with Gasteiger partial charge in [0.1, 0.15) is 6.07 Å². The third kappa shape index (κ3) is 3.94. The minimum Gasteiger partial charge on any atom is -0.330 e. The molecular weight excluding hydrogens is 372 g/mol. The summed E-state index contributed by atoms with van der Waals surface area (Å²) in [4.78, 5) is 25.5. The number of carbonyl (C=O) groups is 2. The molecule has 2 N–H and O–H groups in total. The van der Waals surface area contributed by atoms with Crippen molar-refractivity contribution in [2.75, 3.05) is 6.54 Å². The molecule has 0 bridgehead atoms. The van der Waals surface area contributed by atoms with Crippen molar-refractivity contribution in [3.63, 3.8) is 0 Å². The van der Waals surface area contributed by atoms with Crippen LogP contribution in [0.15, 0.2) is 34.9 Å². The summed E-state index contributed by atoms with van der Waals surface area (Å²) in [5.41, 5.74) is 6.53. The van der Waals surface area contributed by atoms with Crippen LogP contribution in [0.1, 0.15) is 66.7 Å². The highest BCUT2D eigenvalue weighted by Gasteiger charge is 2.55. The molecule has 4 atom stereocenters. The van der Waals surface area contributed by atoms with Crippen molar-refractivity contribution in [3.05, 3.63) is 34.9 Å². The third-order valence-corrected chi connectivity index (χ3v) is 6.64. The quantitative estimate of drug-likeness (QED) is 0.690. The number of nitrogens with zero attached hydrogens (tertiary/aromatic N) is 1. The van der Waals surface area contributed by atoms with Crippen LogP contribution in [0.4, 0.5) is 0 Å². The minimum atomic E-state index is -0.632. The van der Waals surface area contributed by atoms with Crippen molar-refractivity contribution in [3.8, 4) is 17.9 Å². The first-order chi connectivity index (χ1) is 14.3. The fourth-order valence-electron chi connectivity index (χ4n) is 5.33. The molecule has 4 nitrogen and oxygen atoms in total. The fraction of sp³-hybridized carbons (Fsp3) is 0.577. The van der Waals surface area contributed by atoms with Gasteiger partial charge in [0.15, 0.2) is 11.6 Å². The lowest BCUT2D eigenvalue weighted by molar-refractivity contribution is -0.123. The Balaban J connectivity index is 0.00000155. The number of allylic oxidation sites excluding steroid dienone is 6. The van der Waals surface area contributed by atoms with Gasteiger partial charge in [-0.15, -0.1) is 5.92 Å². The van der Waals surface area contributed by atoms with E-state index in [2.05, 4.69) is 31.8 Å². The van der Waals surface area contributed by atoms with Crippen molar-refractivity contribution in [2.45, 2.75) is 66.7 Å². The Hall–Kier alpha value is -2.43. The van der Waals surface area contributed by atoms with E-state index in [4.69, 9.17) is 5.73 Å². The van der Waals surface area contributed by atoms with E-state index in [0.29, 0.717) is 19.4 Å². The topological polar surface area (TPSA) is 83.9 Å². The molecule has 0 spiro atoms. The van der Waals surface area contributed by atoms with Gasteiger partial charge in [0.25, 0.3) is 0 Å². The maximum absolute atomic E-state index is 12.9. The van der Waals surface area contributed by atoms with Gasteiger partial charge in [0.05, 0.1) is 11.0 Å². The van der Waals surface area contributed by atoms with Crippen LogP contribution in [0, 0.1) is 45.8 Å². The first-order valence-electron chi connectivity index (χ1n) is 11.2. The second-order valence-corrected chi connectivity index (χ2v) is 8.40. The molecule has 3 aliphatic rings. The Kier molecular flexibility index (Phi) is 7.62. The van der Waals surface area contributed by atoms with Crippen molar-refractivity contribution in [2.24, 2.45) is 28.4 Å². The largest absolute Gasteiger partial charge is 0.330 e. The highest BCUT2D eigenvalue weighted by molar-refractivity contribution is 6.09. The number of nitriles is 1. The lowest BCUT2D eigenvalue weighted by atomic mass is 9.48. The maximum atomic E-state index is 12.9. The van der Waals surface area contributed by atoms with Gasteiger partial charge in [-0.25, -0.2) is 0 Å². The molecule has 0 aromatic rings. The van der Waals surface area contributed by atoms with Crippen LogP contribution in [0.5, 0.6) is 0 Å². The molecule has 1 fully saturated rings. The van der Waals surface area contributed by atoms with E-state index < -0.39 is 10.8 Å². The van der Waals surface area contributed by atoms with E-state index in [1.54, 1.807) is 12.2 Å². The molecule has 0 aromatic heterocycles. The number of ketones is 2. The molecule has 30 heavy (non-hydrogen) atoms. The van der Waals surface area contributed by atoms with Gasteiger partial charge in [-0.1, -0.05) is 53.0 Å². The molecule has 3 rings (SSSR count). The molecule has 1 saturated carbocycles. The SMILES string of the molecule is CC.CCCC1=CC2(C)C3=CC(=O)C(C#N)=CC3(C#CCCN)CCC2C(C)C1=O. The van der Waals surface area contributed by atoms with Crippen molar-refractivity contribution in [1.29, 1.82) is 5.26 Å². The fourth-order valence-corrected chi connectivity index (χ4v) is 5.33. The standard InChI is InChI=1S/C24H28N2O2.C2H6/c1-4-7-17-13-23(3)19(16(2)22(17)28)8-10-24(9-5-6-11-25)14-18(15-26)20(27)12-21(23)24;1-2/h12-14,16,19H,4,6-8,10-11,25H2,1-3H3;1-2H3. The molecular formula is C26H34N2O2. The van der Waals surface area contributed by atoms with Crippen LogP contribution < -0.4 is 5.73 Å². The zero-order chi connectivity index (χ0) is 22.5. The predicted octanol–water partition coefficient (Wildman–Crippen LogP) is 4.67. The Bertz CT molecular complexity index is 906. The molecule has 4 heteroatoms. The predicted molar refractivity (Wildman–Crippen MR) is 120 cm³/mol. The van der Waals surface area contributed by atoms with Gasteiger partial charge in [-0.3, -0.25) is 9.59 Å². The Morgan fingerprint density at radius 2 is 1.97 bits per heavy atom. The highest BCUT2D eigenvalue weighted by atomic mass is 16.1. The monoisotopic (exact) mass is 406 g/mol. The summed E-state index contributed by atoms with van der Waals surface area (Å²) >= 11 is 0. The van der Waals surface area contributed by atoms with Crippen molar-refractivity contribution >= 4 is 11.6 Å². The Morgan fingerprint density at radius 1 is 1.27 bits per heavy atom. The molecule has 0 heterocycles. The van der Waals surface area contributed by atoms with Crippen LogP contribution in [0.2, 0.25) is 0 Å². The summed E-state index contributed by atoms with van der Waals surface area (Å²) < 4.78 is 0. The van der Waals surface area contributed by atoms with Crippen LogP contribution in [-0.2, 0) is 9.59 Å². The van der Waals surface area contributed by atoms with Gasteiger partial charge in [-0.05, 0) is 48.5 Å². The maximum Gasteiger partial charge on any atom is 0.196 e. The van der Waals surface area contributed by atoms with Gasteiger partial charge in [-0.2, -0.15) is 5.26 Å². The van der Waals surface area contributed by atoms with Gasteiger partial charge < -0.3 is 5.73 Å². The Morgan fingerprint density at radius 3 is 2.57 bits per heavy atom. The number of hydrogen-bond donors (Lipinski definition) is 1. The summed E-state index contributed by atoms with van der Waals surface area (Å²) in [6.07, 6.45) is 9.27. The number of fused-ring (bicyclic) bond motifs is 3. The van der Waals surface area contributed by atoms with E-state index >= 15 is 0 Å². The second kappa shape index (κ2) is 9.59. The minimum absolute atomic E-state index is 0.0797. The van der Waals surface area contributed by atoms with E-state index in [9.17, 15) is 14.9 Å².